The van der Waals surface area contributed by atoms with Gasteiger partial charge in [0, 0.05) is 61.3 Å². The number of benzene rings is 1. The van der Waals surface area contributed by atoms with Crippen LogP contribution in [-0.2, 0) is 19.5 Å². The Morgan fingerprint density at radius 2 is 2.04 bits per heavy atom. The highest BCUT2D eigenvalue weighted by molar-refractivity contribution is 5.53. The lowest BCUT2D eigenvalue weighted by atomic mass is 10.1. The van der Waals surface area contributed by atoms with Crippen LogP contribution in [0.3, 0.4) is 0 Å². The van der Waals surface area contributed by atoms with Crippen molar-refractivity contribution in [3.63, 3.8) is 0 Å². The highest BCUT2D eigenvalue weighted by Gasteiger charge is 2.19. The highest BCUT2D eigenvalue weighted by Crippen LogP contribution is 2.24. The maximum Gasteiger partial charge on any atom is 0.160 e. The summed E-state index contributed by atoms with van der Waals surface area (Å²) in [5.41, 5.74) is 4.52. The number of fused-ring (bicyclic) bond motifs is 1. The summed E-state index contributed by atoms with van der Waals surface area (Å²) < 4.78 is 5.46. The fourth-order valence-corrected chi connectivity index (χ4v) is 3.22. The summed E-state index contributed by atoms with van der Waals surface area (Å²) >= 11 is 0. The van der Waals surface area contributed by atoms with Crippen molar-refractivity contribution in [1.82, 2.24) is 19.9 Å². The van der Waals surface area contributed by atoms with E-state index >= 15 is 0 Å². The van der Waals surface area contributed by atoms with E-state index in [1.54, 1.807) is 19.5 Å². The second-order valence-electron chi connectivity index (χ2n) is 6.18. The highest BCUT2D eigenvalue weighted by atomic mass is 16.5. The Labute approximate surface area is 147 Å². The van der Waals surface area contributed by atoms with E-state index in [0.29, 0.717) is 0 Å². The van der Waals surface area contributed by atoms with E-state index in [4.69, 9.17) is 9.72 Å². The van der Waals surface area contributed by atoms with Crippen LogP contribution in [0.1, 0.15) is 16.8 Å². The first-order chi connectivity index (χ1) is 12.3. The molecule has 5 heteroatoms. The second kappa shape index (κ2) is 6.99. The van der Waals surface area contributed by atoms with Crippen LogP contribution >= 0.6 is 0 Å². The molecule has 4 rings (SSSR count). The molecule has 1 aliphatic heterocycles. The van der Waals surface area contributed by atoms with E-state index in [-0.39, 0.29) is 0 Å². The molecule has 2 aromatic heterocycles. The molecule has 5 nitrogen and oxygen atoms in total. The van der Waals surface area contributed by atoms with Crippen LogP contribution in [0.5, 0.6) is 5.75 Å². The molecular weight excluding hydrogens is 312 g/mol. The number of para-hydroxylation sites is 1. The Morgan fingerprint density at radius 1 is 1.12 bits per heavy atom. The first-order valence-corrected chi connectivity index (χ1v) is 8.43. The molecular formula is C20H20N4O. The summed E-state index contributed by atoms with van der Waals surface area (Å²) in [5.74, 6) is 1.70. The van der Waals surface area contributed by atoms with Crippen molar-refractivity contribution >= 4 is 0 Å². The van der Waals surface area contributed by atoms with Crippen molar-refractivity contribution in [2.24, 2.45) is 0 Å². The van der Waals surface area contributed by atoms with Crippen molar-refractivity contribution < 1.29 is 4.74 Å². The molecule has 0 radical (unpaired) electrons. The van der Waals surface area contributed by atoms with Crippen LogP contribution in [0.4, 0.5) is 0 Å². The van der Waals surface area contributed by atoms with Crippen LogP contribution in [0.25, 0.3) is 11.4 Å². The molecule has 0 N–H and O–H groups in total. The number of aromatic nitrogens is 3. The molecule has 0 aliphatic carbocycles. The molecule has 3 aromatic rings. The molecule has 0 atom stereocenters. The van der Waals surface area contributed by atoms with Gasteiger partial charge in [0.2, 0.25) is 0 Å². The number of rotatable bonds is 4. The minimum Gasteiger partial charge on any atom is -0.496 e. The van der Waals surface area contributed by atoms with Gasteiger partial charge >= 0.3 is 0 Å². The fourth-order valence-electron chi connectivity index (χ4n) is 3.22. The Kier molecular flexibility index (Phi) is 4.39. The summed E-state index contributed by atoms with van der Waals surface area (Å²) in [7, 11) is 1.72. The average Bonchev–Trinajstić information content (AvgIpc) is 2.68. The third kappa shape index (κ3) is 3.37. The third-order valence-corrected chi connectivity index (χ3v) is 4.52. The first-order valence-electron chi connectivity index (χ1n) is 8.43. The van der Waals surface area contributed by atoms with Crippen LogP contribution in [-0.4, -0.2) is 33.5 Å². The van der Waals surface area contributed by atoms with Crippen molar-refractivity contribution in [2.75, 3.05) is 13.7 Å². The van der Waals surface area contributed by atoms with Gasteiger partial charge in [-0.1, -0.05) is 18.2 Å². The van der Waals surface area contributed by atoms with E-state index in [9.17, 15) is 0 Å². The molecule has 0 fully saturated rings. The van der Waals surface area contributed by atoms with Crippen molar-refractivity contribution in [3.8, 4) is 17.1 Å². The quantitative estimate of drug-likeness (QED) is 0.735. The number of hydrogen-bond acceptors (Lipinski definition) is 5. The molecule has 126 valence electrons. The summed E-state index contributed by atoms with van der Waals surface area (Å²) in [6, 6.07) is 12.1. The first kappa shape index (κ1) is 15.7. The van der Waals surface area contributed by atoms with Gasteiger partial charge in [-0.15, -0.1) is 0 Å². The molecule has 0 amide bonds. The van der Waals surface area contributed by atoms with E-state index in [2.05, 4.69) is 27.0 Å². The van der Waals surface area contributed by atoms with Gasteiger partial charge in [-0.2, -0.15) is 0 Å². The lowest BCUT2D eigenvalue weighted by molar-refractivity contribution is 0.239. The number of nitrogens with zero attached hydrogens (tertiary/aromatic N) is 4. The number of pyridine rings is 1. The summed E-state index contributed by atoms with van der Waals surface area (Å²) in [6.07, 6.45) is 6.45. The van der Waals surface area contributed by atoms with Crippen molar-refractivity contribution in [1.29, 1.82) is 0 Å². The van der Waals surface area contributed by atoms with E-state index in [1.165, 1.54) is 11.1 Å². The van der Waals surface area contributed by atoms with Gasteiger partial charge in [-0.05, 0) is 18.2 Å². The SMILES string of the molecule is COc1ccccc1CN1CCc2nc(-c3cccnc3)ncc2C1. The lowest BCUT2D eigenvalue weighted by Crippen LogP contribution is -2.31. The molecule has 0 unspecified atom stereocenters. The molecule has 1 aromatic carbocycles. The zero-order valence-corrected chi connectivity index (χ0v) is 14.2. The Morgan fingerprint density at radius 3 is 2.88 bits per heavy atom. The molecule has 3 heterocycles. The van der Waals surface area contributed by atoms with Gasteiger partial charge in [0.05, 0.1) is 12.8 Å². The van der Waals surface area contributed by atoms with Gasteiger partial charge in [0.15, 0.2) is 5.82 Å². The van der Waals surface area contributed by atoms with Crippen LogP contribution in [0.15, 0.2) is 55.0 Å². The van der Waals surface area contributed by atoms with Crippen molar-refractivity contribution in [2.45, 2.75) is 19.5 Å². The average molecular weight is 332 g/mol. The molecule has 0 bridgehead atoms. The van der Waals surface area contributed by atoms with Gasteiger partial charge in [-0.25, -0.2) is 9.97 Å². The van der Waals surface area contributed by atoms with E-state index in [1.807, 2.05) is 30.5 Å². The number of ether oxygens (including phenoxy) is 1. The maximum absolute atomic E-state index is 5.46. The Balaban J connectivity index is 1.52. The topological polar surface area (TPSA) is 51.1 Å². The predicted octanol–water partition coefficient (Wildman–Crippen LogP) is 3.11. The standard InChI is InChI=1S/C20H20N4O/c1-25-19-7-3-2-5-16(19)13-24-10-8-18-17(14-24)12-22-20(23-18)15-6-4-9-21-11-15/h2-7,9,11-12H,8,10,13-14H2,1H3. The van der Waals surface area contributed by atoms with Crippen LogP contribution in [0.2, 0.25) is 0 Å². The lowest BCUT2D eigenvalue weighted by Gasteiger charge is -2.28. The van der Waals surface area contributed by atoms with E-state index in [0.717, 1.165) is 48.9 Å². The van der Waals surface area contributed by atoms with E-state index < -0.39 is 0 Å². The fraction of sp³-hybridized carbons (Fsp3) is 0.250. The number of hydrogen-bond donors (Lipinski definition) is 0. The van der Waals surface area contributed by atoms with Crippen LogP contribution < -0.4 is 4.74 Å². The molecule has 0 spiro atoms. The number of methoxy groups -OCH3 is 1. The molecule has 0 saturated carbocycles. The monoisotopic (exact) mass is 332 g/mol. The molecule has 25 heavy (non-hydrogen) atoms. The zero-order valence-electron chi connectivity index (χ0n) is 14.2. The zero-order chi connectivity index (χ0) is 17.1. The summed E-state index contributed by atoms with van der Waals surface area (Å²) in [5, 5.41) is 0. The predicted molar refractivity (Wildman–Crippen MR) is 96.1 cm³/mol. The maximum atomic E-state index is 5.46. The molecule has 0 saturated heterocycles. The normalized spacial score (nSPS) is 14.1. The van der Waals surface area contributed by atoms with Gasteiger partial charge < -0.3 is 4.74 Å². The summed E-state index contributed by atoms with van der Waals surface area (Å²) in [4.78, 5) is 15.8. The minimum absolute atomic E-state index is 0.755. The Hall–Kier alpha value is -2.79. The Bertz CT molecular complexity index is 867. The largest absolute Gasteiger partial charge is 0.496 e. The minimum atomic E-state index is 0.755. The summed E-state index contributed by atoms with van der Waals surface area (Å²) in [6.45, 7) is 2.71. The van der Waals surface area contributed by atoms with Gasteiger partial charge in [0.25, 0.3) is 0 Å². The second-order valence-corrected chi connectivity index (χ2v) is 6.18. The van der Waals surface area contributed by atoms with Gasteiger partial charge in [0.1, 0.15) is 5.75 Å². The van der Waals surface area contributed by atoms with Gasteiger partial charge in [-0.3, -0.25) is 9.88 Å². The van der Waals surface area contributed by atoms with Crippen LogP contribution in [0, 0.1) is 0 Å². The third-order valence-electron chi connectivity index (χ3n) is 4.52. The smallest absolute Gasteiger partial charge is 0.160 e. The molecule has 1 aliphatic rings. The van der Waals surface area contributed by atoms with Crippen molar-refractivity contribution in [3.05, 3.63) is 71.8 Å².